The zero-order chi connectivity index (χ0) is 22.5. The highest BCUT2D eigenvalue weighted by Gasteiger charge is 2.49. The maximum Gasteiger partial charge on any atom is 0.309 e. The van der Waals surface area contributed by atoms with Gasteiger partial charge in [-0.15, -0.1) is 0 Å². The van der Waals surface area contributed by atoms with Crippen LogP contribution in [0.3, 0.4) is 0 Å². The van der Waals surface area contributed by atoms with Gasteiger partial charge in [-0.2, -0.15) is 0 Å². The van der Waals surface area contributed by atoms with E-state index in [9.17, 15) is 19.8 Å². The molecule has 1 saturated carbocycles. The summed E-state index contributed by atoms with van der Waals surface area (Å²) >= 11 is 0. The quantitative estimate of drug-likeness (QED) is 0.365. The third kappa shape index (κ3) is 6.09. The van der Waals surface area contributed by atoms with Gasteiger partial charge in [0.2, 0.25) is 0 Å². The van der Waals surface area contributed by atoms with Crippen LogP contribution in [0.5, 0.6) is 0 Å². The molecule has 1 aromatic carbocycles. The number of carboxylic acids is 2. The van der Waals surface area contributed by atoms with Crippen LogP contribution in [0.4, 0.5) is 0 Å². The van der Waals surface area contributed by atoms with Crippen LogP contribution < -0.4 is 0 Å². The molecular weight excluding hydrogens is 376 g/mol. The molecule has 4 nitrogen and oxygen atoms in total. The van der Waals surface area contributed by atoms with Gasteiger partial charge in [-0.3, -0.25) is 9.59 Å². The number of hydrogen-bond donors (Lipinski definition) is 2. The first-order valence-electron chi connectivity index (χ1n) is 11.6. The molecule has 0 bridgehead atoms. The lowest BCUT2D eigenvalue weighted by atomic mass is 9.85. The van der Waals surface area contributed by atoms with Crippen LogP contribution in [0.2, 0.25) is 0 Å². The molecule has 0 amide bonds. The van der Waals surface area contributed by atoms with Gasteiger partial charge in [0, 0.05) is 0 Å². The number of hydrogen-bond acceptors (Lipinski definition) is 2. The Morgan fingerprint density at radius 2 is 1.57 bits per heavy atom. The first kappa shape index (κ1) is 24.4. The first-order chi connectivity index (χ1) is 14.0. The van der Waals surface area contributed by atoms with Crippen LogP contribution in [0.1, 0.15) is 99.5 Å². The van der Waals surface area contributed by atoms with Crippen molar-refractivity contribution >= 4 is 11.9 Å². The molecule has 1 aliphatic carbocycles. The SMILES string of the molecule is Cc1cc(CCCCCC2(C(=O)O)CC2)c(CCCCC(C)(C)C(=O)O)c(C)c1C. The lowest BCUT2D eigenvalue weighted by molar-refractivity contribution is -0.147. The molecule has 2 N–H and O–H groups in total. The summed E-state index contributed by atoms with van der Waals surface area (Å²) in [6, 6.07) is 2.33. The summed E-state index contributed by atoms with van der Waals surface area (Å²) in [5.41, 5.74) is 5.88. The van der Waals surface area contributed by atoms with Crippen molar-refractivity contribution in [3.8, 4) is 0 Å². The molecule has 1 fully saturated rings. The highest BCUT2D eigenvalue weighted by Crippen LogP contribution is 2.50. The monoisotopic (exact) mass is 416 g/mol. The van der Waals surface area contributed by atoms with Crippen LogP contribution in [0.15, 0.2) is 6.07 Å². The van der Waals surface area contributed by atoms with Crippen LogP contribution in [0, 0.1) is 31.6 Å². The Hall–Kier alpha value is -1.84. The van der Waals surface area contributed by atoms with E-state index in [0.29, 0.717) is 6.42 Å². The van der Waals surface area contributed by atoms with Gasteiger partial charge in [0.25, 0.3) is 0 Å². The van der Waals surface area contributed by atoms with Crippen LogP contribution in [-0.4, -0.2) is 22.2 Å². The van der Waals surface area contributed by atoms with E-state index in [0.717, 1.165) is 64.2 Å². The van der Waals surface area contributed by atoms with Crippen molar-refractivity contribution in [3.63, 3.8) is 0 Å². The van der Waals surface area contributed by atoms with Gasteiger partial charge >= 0.3 is 11.9 Å². The number of aryl methyl sites for hydroxylation is 2. The van der Waals surface area contributed by atoms with Gasteiger partial charge in [0.15, 0.2) is 0 Å². The van der Waals surface area contributed by atoms with E-state index in [1.165, 1.54) is 27.8 Å². The highest BCUT2D eigenvalue weighted by molar-refractivity contribution is 5.77. The molecule has 0 radical (unpaired) electrons. The normalized spacial score (nSPS) is 15.2. The van der Waals surface area contributed by atoms with Crippen LogP contribution in [0.25, 0.3) is 0 Å². The van der Waals surface area contributed by atoms with Crippen LogP contribution >= 0.6 is 0 Å². The predicted octanol–water partition coefficient (Wildman–Crippen LogP) is 6.40. The summed E-state index contributed by atoms with van der Waals surface area (Å²) in [5, 5.41) is 18.6. The number of aliphatic carboxylic acids is 2. The fraction of sp³-hybridized carbons (Fsp3) is 0.692. The average Bonchev–Trinajstić information content (AvgIpc) is 3.46. The molecule has 0 saturated heterocycles. The van der Waals surface area contributed by atoms with Crippen LogP contribution in [-0.2, 0) is 22.4 Å². The predicted molar refractivity (Wildman–Crippen MR) is 121 cm³/mol. The summed E-state index contributed by atoms with van der Waals surface area (Å²) in [6.45, 7) is 10.2. The van der Waals surface area contributed by atoms with E-state index in [2.05, 4.69) is 26.8 Å². The molecule has 2 rings (SSSR count). The molecule has 0 unspecified atom stereocenters. The summed E-state index contributed by atoms with van der Waals surface area (Å²) in [4.78, 5) is 22.6. The lowest BCUT2D eigenvalue weighted by Gasteiger charge is -2.20. The second kappa shape index (κ2) is 9.98. The van der Waals surface area contributed by atoms with Crippen molar-refractivity contribution < 1.29 is 19.8 Å². The Bertz CT molecular complexity index is 772. The number of rotatable bonds is 13. The van der Waals surface area contributed by atoms with Gasteiger partial charge < -0.3 is 10.2 Å². The molecule has 0 aromatic heterocycles. The second-order valence-corrected chi connectivity index (χ2v) is 10.1. The van der Waals surface area contributed by atoms with Gasteiger partial charge in [-0.1, -0.05) is 25.3 Å². The Morgan fingerprint density at radius 1 is 0.933 bits per heavy atom. The van der Waals surface area contributed by atoms with Gasteiger partial charge in [-0.05, 0) is 114 Å². The summed E-state index contributed by atoms with van der Waals surface area (Å²) in [6.07, 6.45) is 10.4. The fourth-order valence-corrected chi connectivity index (χ4v) is 4.44. The lowest BCUT2D eigenvalue weighted by Crippen LogP contribution is -2.23. The fourth-order valence-electron chi connectivity index (χ4n) is 4.44. The number of carbonyl (C=O) groups is 2. The minimum Gasteiger partial charge on any atom is -0.481 e. The van der Waals surface area contributed by atoms with Gasteiger partial charge in [0.1, 0.15) is 0 Å². The molecule has 0 spiro atoms. The standard InChI is InChI=1S/C26H40O4/c1-18-17-21(11-7-6-9-14-26(15-16-26)24(29)30)22(20(3)19(18)2)12-8-10-13-25(4,5)23(27)28/h17H,6-16H2,1-5H3,(H,27,28)(H,29,30). The molecule has 0 heterocycles. The Kier molecular flexibility index (Phi) is 8.13. The van der Waals surface area contributed by atoms with Crippen molar-refractivity contribution in [2.75, 3.05) is 0 Å². The molecule has 168 valence electrons. The Morgan fingerprint density at radius 3 is 2.13 bits per heavy atom. The number of benzene rings is 1. The minimum absolute atomic E-state index is 0.397. The first-order valence-corrected chi connectivity index (χ1v) is 11.6. The van der Waals surface area contributed by atoms with Gasteiger partial charge in [0.05, 0.1) is 10.8 Å². The number of carboxylic acid groups (broad SMARTS) is 2. The van der Waals surface area contributed by atoms with Gasteiger partial charge in [-0.25, -0.2) is 0 Å². The van der Waals surface area contributed by atoms with Crippen molar-refractivity contribution in [1.82, 2.24) is 0 Å². The number of unbranched alkanes of at least 4 members (excludes halogenated alkanes) is 3. The third-order valence-corrected chi connectivity index (χ3v) is 7.35. The van der Waals surface area contributed by atoms with E-state index >= 15 is 0 Å². The van der Waals surface area contributed by atoms with Crippen molar-refractivity contribution in [3.05, 3.63) is 33.9 Å². The average molecular weight is 417 g/mol. The Labute approximate surface area is 182 Å². The molecular formula is C26H40O4. The zero-order valence-corrected chi connectivity index (χ0v) is 19.6. The summed E-state index contributed by atoms with van der Waals surface area (Å²) in [5.74, 6) is -1.33. The maximum atomic E-state index is 11.3. The minimum atomic E-state index is -0.721. The molecule has 0 atom stereocenters. The third-order valence-electron chi connectivity index (χ3n) is 7.35. The van der Waals surface area contributed by atoms with E-state index in [1.807, 2.05) is 0 Å². The van der Waals surface area contributed by atoms with Crippen molar-refractivity contribution in [1.29, 1.82) is 0 Å². The maximum absolute atomic E-state index is 11.3. The summed E-state index contributed by atoms with van der Waals surface area (Å²) < 4.78 is 0. The smallest absolute Gasteiger partial charge is 0.309 e. The summed E-state index contributed by atoms with van der Waals surface area (Å²) in [7, 11) is 0. The molecule has 1 aliphatic rings. The molecule has 0 aliphatic heterocycles. The largest absolute Gasteiger partial charge is 0.481 e. The van der Waals surface area contributed by atoms with E-state index in [-0.39, 0.29) is 0 Å². The van der Waals surface area contributed by atoms with E-state index in [1.54, 1.807) is 13.8 Å². The van der Waals surface area contributed by atoms with Crippen molar-refractivity contribution in [2.45, 2.75) is 105 Å². The topological polar surface area (TPSA) is 74.6 Å². The van der Waals surface area contributed by atoms with E-state index < -0.39 is 22.8 Å². The molecule has 4 heteroatoms. The Balaban J connectivity index is 1.91. The van der Waals surface area contributed by atoms with E-state index in [4.69, 9.17) is 0 Å². The molecule has 1 aromatic rings. The second-order valence-electron chi connectivity index (χ2n) is 10.1. The zero-order valence-electron chi connectivity index (χ0n) is 19.6. The van der Waals surface area contributed by atoms with Crippen molar-refractivity contribution in [2.24, 2.45) is 10.8 Å². The highest BCUT2D eigenvalue weighted by atomic mass is 16.4. The molecule has 30 heavy (non-hydrogen) atoms.